The van der Waals surface area contributed by atoms with Crippen LogP contribution in [0.3, 0.4) is 0 Å². The summed E-state index contributed by atoms with van der Waals surface area (Å²) in [5.41, 5.74) is 0.293. The highest BCUT2D eigenvalue weighted by molar-refractivity contribution is 8.20. The van der Waals surface area contributed by atoms with E-state index in [4.69, 9.17) is 9.47 Å². The number of ether oxygens (including phenoxy) is 2. The Morgan fingerprint density at radius 2 is 1.79 bits per heavy atom. The van der Waals surface area contributed by atoms with E-state index in [0.717, 1.165) is 0 Å². The predicted molar refractivity (Wildman–Crippen MR) is 126 cm³/mol. The fraction of sp³-hybridized carbons (Fsp3) is 0.231. The first-order valence-corrected chi connectivity index (χ1v) is 11.6. The number of ketones is 1. The standard InChI is InChI=1S/C26H26F2O4S/c1-6-7-11-21-16(2)24(30)18-10-8-9-12-22(18)33(21)17-13-19(27)25(20(28)14-17)31-15-23(29)32-26(3,4)5/h6-14,33H,1,15H2,2-5H3/b11-7-. The van der Waals surface area contributed by atoms with Crippen molar-refractivity contribution < 1.29 is 27.8 Å². The third-order valence-electron chi connectivity index (χ3n) is 4.74. The number of fused-ring (bicyclic) bond motifs is 1. The molecule has 174 valence electrons. The average Bonchev–Trinajstić information content (AvgIpc) is 2.73. The van der Waals surface area contributed by atoms with Crippen LogP contribution in [0.4, 0.5) is 8.78 Å². The summed E-state index contributed by atoms with van der Waals surface area (Å²) in [5.74, 6) is -3.37. The zero-order valence-electron chi connectivity index (χ0n) is 18.9. The number of allylic oxidation sites excluding steroid dienone is 4. The van der Waals surface area contributed by atoms with Crippen molar-refractivity contribution in [2.45, 2.75) is 43.1 Å². The highest BCUT2D eigenvalue weighted by Gasteiger charge is 2.30. The lowest BCUT2D eigenvalue weighted by Gasteiger charge is -2.31. The molecule has 0 radical (unpaired) electrons. The molecule has 0 N–H and O–H groups in total. The lowest BCUT2D eigenvalue weighted by atomic mass is 10.0. The van der Waals surface area contributed by atoms with Gasteiger partial charge in [-0.2, -0.15) is 10.9 Å². The molecule has 1 unspecified atom stereocenters. The Balaban J connectivity index is 2.02. The molecule has 7 heteroatoms. The Morgan fingerprint density at radius 1 is 1.15 bits per heavy atom. The van der Waals surface area contributed by atoms with Gasteiger partial charge in [-0.05, 0) is 58.0 Å². The van der Waals surface area contributed by atoms with Gasteiger partial charge in [0.15, 0.2) is 29.8 Å². The molecule has 3 rings (SSSR count). The molecule has 1 aliphatic heterocycles. The van der Waals surface area contributed by atoms with Gasteiger partial charge < -0.3 is 9.47 Å². The van der Waals surface area contributed by atoms with E-state index in [1.807, 2.05) is 0 Å². The van der Waals surface area contributed by atoms with Crippen LogP contribution >= 0.6 is 10.9 Å². The number of hydrogen-bond donors (Lipinski definition) is 1. The zero-order chi connectivity index (χ0) is 24.3. The van der Waals surface area contributed by atoms with Gasteiger partial charge >= 0.3 is 5.97 Å². The van der Waals surface area contributed by atoms with E-state index in [1.54, 1.807) is 70.2 Å². The van der Waals surface area contributed by atoms with E-state index in [0.29, 0.717) is 25.8 Å². The topological polar surface area (TPSA) is 52.6 Å². The molecule has 0 aromatic heterocycles. The van der Waals surface area contributed by atoms with Crippen LogP contribution in [0.5, 0.6) is 5.75 Å². The number of rotatable bonds is 6. The number of benzene rings is 2. The Labute approximate surface area is 194 Å². The third-order valence-corrected chi connectivity index (χ3v) is 7.35. The Morgan fingerprint density at radius 3 is 2.39 bits per heavy atom. The van der Waals surface area contributed by atoms with Gasteiger partial charge in [-0.3, -0.25) is 4.79 Å². The van der Waals surface area contributed by atoms with Crippen molar-refractivity contribution in [1.29, 1.82) is 0 Å². The fourth-order valence-electron chi connectivity index (χ4n) is 3.43. The molecule has 2 aromatic carbocycles. The van der Waals surface area contributed by atoms with Gasteiger partial charge in [-0.15, -0.1) is 0 Å². The molecule has 1 heterocycles. The normalized spacial score (nSPS) is 17.2. The van der Waals surface area contributed by atoms with Gasteiger partial charge in [0.2, 0.25) is 0 Å². The van der Waals surface area contributed by atoms with Crippen LogP contribution in [0.2, 0.25) is 0 Å². The maximum atomic E-state index is 15.0. The van der Waals surface area contributed by atoms with E-state index in [1.165, 1.54) is 12.1 Å². The number of thiol groups is 1. The van der Waals surface area contributed by atoms with Crippen LogP contribution in [0.15, 0.2) is 81.5 Å². The first-order chi connectivity index (χ1) is 15.5. The summed E-state index contributed by atoms with van der Waals surface area (Å²) in [6.07, 6.45) is 5.03. The van der Waals surface area contributed by atoms with E-state index in [-0.39, 0.29) is 5.78 Å². The van der Waals surface area contributed by atoms with Crippen molar-refractivity contribution in [3.63, 3.8) is 0 Å². The fourth-order valence-corrected chi connectivity index (χ4v) is 6.05. The van der Waals surface area contributed by atoms with Crippen molar-refractivity contribution in [2.75, 3.05) is 6.61 Å². The highest BCUT2D eigenvalue weighted by Crippen LogP contribution is 2.57. The van der Waals surface area contributed by atoms with Crippen molar-refractivity contribution in [3.05, 3.63) is 88.9 Å². The van der Waals surface area contributed by atoms with Gasteiger partial charge in [0, 0.05) is 25.8 Å². The molecule has 2 aromatic rings. The molecule has 0 fully saturated rings. The van der Waals surface area contributed by atoms with Gasteiger partial charge in [0.1, 0.15) is 5.60 Å². The minimum atomic E-state index is -1.41. The quantitative estimate of drug-likeness (QED) is 0.304. The summed E-state index contributed by atoms with van der Waals surface area (Å²) in [6, 6.07) is 9.46. The van der Waals surface area contributed by atoms with Gasteiger partial charge in [-0.25, -0.2) is 13.6 Å². The van der Waals surface area contributed by atoms with Gasteiger partial charge in [-0.1, -0.05) is 30.9 Å². The summed E-state index contributed by atoms with van der Waals surface area (Å²) in [4.78, 5) is 26.5. The minimum Gasteiger partial charge on any atom is -0.476 e. The Hall–Kier alpha value is -3.19. The smallest absolute Gasteiger partial charge is 0.344 e. The second kappa shape index (κ2) is 9.75. The average molecular weight is 473 g/mol. The molecule has 0 saturated carbocycles. The van der Waals surface area contributed by atoms with E-state index < -0.39 is 46.5 Å². The third kappa shape index (κ3) is 5.42. The molecule has 4 nitrogen and oxygen atoms in total. The number of halogens is 2. The number of hydrogen-bond acceptors (Lipinski definition) is 4. The minimum absolute atomic E-state index is 0.119. The number of Topliss-reactive ketones (excluding diaryl/α,β-unsaturated/α-hetero) is 1. The number of carbonyl (C=O) groups excluding carboxylic acids is 2. The van der Waals surface area contributed by atoms with Crippen molar-refractivity contribution in [1.82, 2.24) is 0 Å². The second-order valence-corrected chi connectivity index (χ2v) is 10.6. The zero-order valence-corrected chi connectivity index (χ0v) is 19.8. The van der Waals surface area contributed by atoms with Crippen LogP contribution in [-0.4, -0.2) is 24.0 Å². The summed E-state index contributed by atoms with van der Waals surface area (Å²) < 4.78 is 40.1. The number of esters is 1. The maximum absolute atomic E-state index is 15.0. The molecule has 0 amide bonds. The van der Waals surface area contributed by atoms with E-state index >= 15 is 0 Å². The maximum Gasteiger partial charge on any atom is 0.344 e. The van der Waals surface area contributed by atoms with Crippen LogP contribution in [-0.2, 0) is 9.53 Å². The lowest BCUT2D eigenvalue weighted by Crippen LogP contribution is -2.27. The van der Waals surface area contributed by atoms with Crippen LogP contribution in [0.25, 0.3) is 0 Å². The SMILES string of the molecule is C=C/C=C\C1=C(C)C(=O)c2ccccc2[SH]1c1cc(F)c(OCC(=O)OC(C)(C)C)c(F)c1. The summed E-state index contributed by atoms with van der Waals surface area (Å²) in [7, 11) is -1.41. The molecule has 1 atom stereocenters. The lowest BCUT2D eigenvalue weighted by molar-refractivity contribution is -0.157. The van der Waals surface area contributed by atoms with Gasteiger partial charge in [0.05, 0.1) is 0 Å². The number of carbonyl (C=O) groups is 2. The second-order valence-electron chi connectivity index (χ2n) is 8.40. The van der Waals surface area contributed by atoms with E-state index in [2.05, 4.69) is 6.58 Å². The summed E-state index contributed by atoms with van der Waals surface area (Å²) in [5, 5.41) is 0. The van der Waals surface area contributed by atoms with Crippen LogP contribution in [0, 0.1) is 11.6 Å². The summed E-state index contributed by atoms with van der Waals surface area (Å²) in [6.45, 7) is 9.81. The molecule has 0 aliphatic carbocycles. The van der Waals surface area contributed by atoms with Crippen LogP contribution < -0.4 is 4.74 Å². The van der Waals surface area contributed by atoms with Gasteiger partial charge in [0.25, 0.3) is 0 Å². The summed E-state index contributed by atoms with van der Waals surface area (Å²) >= 11 is 0. The first kappa shape index (κ1) is 24.5. The monoisotopic (exact) mass is 472 g/mol. The van der Waals surface area contributed by atoms with E-state index in [9.17, 15) is 18.4 Å². The molecule has 1 aliphatic rings. The molecule has 0 saturated heterocycles. The van der Waals surface area contributed by atoms with Crippen molar-refractivity contribution in [3.8, 4) is 5.75 Å². The van der Waals surface area contributed by atoms with Crippen molar-refractivity contribution in [2.24, 2.45) is 0 Å². The molecule has 0 spiro atoms. The molecular formula is C26H26F2O4S. The molecule has 33 heavy (non-hydrogen) atoms. The van der Waals surface area contributed by atoms with Crippen LogP contribution in [0.1, 0.15) is 38.1 Å². The highest BCUT2D eigenvalue weighted by atomic mass is 32.2. The Kier molecular flexibility index (Phi) is 7.22. The molecular weight excluding hydrogens is 446 g/mol. The van der Waals surface area contributed by atoms with Crippen molar-refractivity contribution >= 4 is 22.6 Å². The Bertz CT molecular complexity index is 1150. The largest absolute Gasteiger partial charge is 0.476 e. The predicted octanol–water partition coefficient (Wildman–Crippen LogP) is 6.32. The first-order valence-electron chi connectivity index (χ1n) is 10.3. The molecule has 0 bridgehead atoms.